The van der Waals surface area contributed by atoms with Crippen LogP contribution in [0.2, 0.25) is 5.02 Å². The number of hydrogen-bond acceptors (Lipinski definition) is 7. The van der Waals surface area contributed by atoms with Gasteiger partial charge >= 0.3 is 5.97 Å². The summed E-state index contributed by atoms with van der Waals surface area (Å²) in [6.07, 6.45) is 4.77. The SMILES string of the molecule is CCCSc1ncc(Cl)c(C(=O)N[C@@H](CCSC)C(=O)OC)n1. The van der Waals surface area contributed by atoms with Crippen molar-refractivity contribution in [2.75, 3.05) is 24.9 Å². The lowest BCUT2D eigenvalue weighted by Crippen LogP contribution is -2.42. The van der Waals surface area contributed by atoms with Gasteiger partial charge in [0.25, 0.3) is 5.91 Å². The fraction of sp³-hybridized carbons (Fsp3) is 0.571. The Morgan fingerprint density at radius 1 is 1.43 bits per heavy atom. The number of halogens is 1. The molecule has 0 fully saturated rings. The van der Waals surface area contributed by atoms with E-state index in [4.69, 9.17) is 16.3 Å². The Morgan fingerprint density at radius 3 is 2.78 bits per heavy atom. The molecule has 0 aliphatic carbocycles. The summed E-state index contributed by atoms with van der Waals surface area (Å²) in [6.45, 7) is 2.04. The molecule has 6 nitrogen and oxygen atoms in total. The van der Waals surface area contributed by atoms with Crippen molar-refractivity contribution in [3.05, 3.63) is 16.9 Å². The van der Waals surface area contributed by atoms with Crippen molar-refractivity contribution in [1.82, 2.24) is 15.3 Å². The predicted molar refractivity (Wildman–Crippen MR) is 94.3 cm³/mol. The van der Waals surface area contributed by atoms with Gasteiger partial charge in [-0.25, -0.2) is 14.8 Å². The molecule has 0 bridgehead atoms. The van der Waals surface area contributed by atoms with E-state index in [0.717, 1.165) is 17.9 Å². The fourth-order valence-electron chi connectivity index (χ4n) is 1.63. The Bertz CT molecular complexity index is 546. The number of ether oxygens (including phenoxy) is 1. The second-order valence-corrected chi connectivity index (χ2v) is 6.98. The van der Waals surface area contributed by atoms with Crippen molar-refractivity contribution in [2.45, 2.75) is 31.0 Å². The minimum Gasteiger partial charge on any atom is -0.467 e. The highest BCUT2D eigenvalue weighted by Gasteiger charge is 2.24. The van der Waals surface area contributed by atoms with Gasteiger partial charge in [0.2, 0.25) is 0 Å². The van der Waals surface area contributed by atoms with Gasteiger partial charge in [0.15, 0.2) is 10.9 Å². The molecule has 23 heavy (non-hydrogen) atoms. The number of aromatic nitrogens is 2. The van der Waals surface area contributed by atoms with Crippen LogP contribution in [-0.2, 0) is 9.53 Å². The third-order valence-electron chi connectivity index (χ3n) is 2.77. The third-order valence-corrected chi connectivity index (χ3v) is 4.76. The molecule has 1 aromatic heterocycles. The fourth-order valence-corrected chi connectivity index (χ4v) is 2.94. The number of carbonyl (C=O) groups excluding carboxylic acids is 2. The first kappa shape index (κ1) is 20.1. The van der Waals surface area contributed by atoms with E-state index >= 15 is 0 Å². The molecule has 1 atom stereocenters. The van der Waals surface area contributed by atoms with Crippen molar-refractivity contribution < 1.29 is 14.3 Å². The molecule has 1 aromatic rings. The van der Waals surface area contributed by atoms with Gasteiger partial charge in [-0.1, -0.05) is 30.3 Å². The zero-order valence-electron chi connectivity index (χ0n) is 13.3. The van der Waals surface area contributed by atoms with E-state index in [0.29, 0.717) is 11.6 Å². The molecule has 1 N–H and O–H groups in total. The van der Waals surface area contributed by atoms with Crippen LogP contribution in [0.4, 0.5) is 0 Å². The lowest BCUT2D eigenvalue weighted by molar-refractivity contribution is -0.142. The number of rotatable bonds is 9. The standard InChI is InChI=1S/C14H20ClN3O3S2/c1-4-6-23-14-16-8-9(15)11(18-14)12(19)17-10(5-7-22-3)13(20)21-2/h8,10H,4-7H2,1-3H3,(H,17,19)/t10-/m0/s1. The van der Waals surface area contributed by atoms with E-state index in [1.807, 2.05) is 13.2 Å². The van der Waals surface area contributed by atoms with Gasteiger partial charge in [0.05, 0.1) is 18.3 Å². The maximum absolute atomic E-state index is 12.4. The Labute approximate surface area is 149 Å². The van der Waals surface area contributed by atoms with Crippen LogP contribution in [0.25, 0.3) is 0 Å². The molecule has 0 unspecified atom stereocenters. The number of methoxy groups -OCH3 is 1. The average molecular weight is 378 g/mol. The summed E-state index contributed by atoms with van der Waals surface area (Å²) in [5.74, 6) is 0.571. The first-order valence-electron chi connectivity index (χ1n) is 7.06. The highest BCUT2D eigenvalue weighted by Crippen LogP contribution is 2.19. The van der Waals surface area contributed by atoms with Gasteiger partial charge in [-0.05, 0) is 24.9 Å². The number of nitrogens with zero attached hydrogens (tertiary/aromatic N) is 2. The van der Waals surface area contributed by atoms with Crippen LogP contribution in [-0.4, -0.2) is 52.8 Å². The van der Waals surface area contributed by atoms with Gasteiger partial charge in [-0.2, -0.15) is 11.8 Å². The molecule has 128 valence electrons. The summed E-state index contributed by atoms with van der Waals surface area (Å²) in [5.41, 5.74) is 0.0679. The number of thioether (sulfide) groups is 2. The van der Waals surface area contributed by atoms with E-state index in [1.165, 1.54) is 25.1 Å². The Hall–Kier alpha value is -0.990. The summed E-state index contributed by atoms with van der Waals surface area (Å²) in [6, 6.07) is -0.724. The molecular formula is C14H20ClN3O3S2. The van der Waals surface area contributed by atoms with Crippen LogP contribution in [0.1, 0.15) is 30.3 Å². The summed E-state index contributed by atoms with van der Waals surface area (Å²) in [4.78, 5) is 32.4. The lowest BCUT2D eigenvalue weighted by Gasteiger charge is -2.16. The van der Waals surface area contributed by atoms with Crippen LogP contribution < -0.4 is 5.32 Å². The van der Waals surface area contributed by atoms with E-state index in [9.17, 15) is 9.59 Å². The van der Waals surface area contributed by atoms with Crippen molar-refractivity contribution in [2.24, 2.45) is 0 Å². The van der Waals surface area contributed by atoms with Crippen LogP contribution in [0.3, 0.4) is 0 Å². The van der Waals surface area contributed by atoms with E-state index < -0.39 is 17.9 Å². The smallest absolute Gasteiger partial charge is 0.328 e. The van der Waals surface area contributed by atoms with Gasteiger partial charge in [-0.3, -0.25) is 4.79 Å². The molecule has 1 amide bonds. The Kier molecular flexibility index (Phi) is 9.35. The molecule has 0 aliphatic heterocycles. The van der Waals surface area contributed by atoms with Crippen molar-refractivity contribution in [3.63, 3.8) is 0 Å². The number of amides is 1. The monoisotopic (exact) mass is 377 g/mol. The minimum atomic E-state index is -0.724. The van der Waals surface area contributed by atoms with Crippen molar-refractivity contribution >= 4 is 47.0 Å². The van der Waals surface area contributed by atoms with Crippen molar-refractivity contribution in [1.29, 1.82) is 0 Å². The predicted octanol–water partition coefficient (Wildman–Crippen LogP) is 2.66. The maximum Gasteiger partial charge on any atom is 0.328 e. The molecule has 0 saturated heterocycles. The first-order chi connectivity index (χ1) is 11.0. The summed E-state index contributed by atoms with van der Waals surface area (Å²) in [7, 11) is 1.29. The average Bonchev–Trinajstić information content (AvgIpc) is 2.56. The van der Waals surface area contributed by atoms with Crippen LogP contribution >= 0.6 is 35.1 Å². The number of hydrogen-bond donors (Lipinski definition) is 1. The second-order valence-electron chi connectivity index (χ2n) is 4.53. The van der Waals surface area contributed by atoms with E-state index in [1.54, 1.807) is 11.8 Å². The molecule has 0 saturated carbocycles. The van der Waals surface area contributed by atoms with Gasteiger partial charge in [0.1, 0.15) is 6.04 Å². The molecule has 1 rings (SSSR count). The highest BCUT2D eigenvalue weighted by atomic mass is 35.5. The second kappa shape index (κ2) is 10.7. The summed E-state index contributed by atoms with van der Waals surface area (Å²) < 4.78 is 4.72. The number of esters is 1. The lowest BCUT2D eigenvalue weighted by atomic mass is 10.2. The number of carbonyl (C=O) groups is 2. The van der Waals surface area contributed by atoms with E-state index in [-0.39, 0.29) is 10.7 Å². The highest BCUT2D eigenvalue weighted by molar-refractivity contribution is 7.99. The third kappa shape index (κ3) is 6.56. The van der Waals surface area contributed by atoms with Crippen LogP contribution in [0.5, 0.6) is 0 Å². The van der Waals surface area contributed by atoms with Crippen LogP contribution in [0, 0.1) is 0 Å². The Morgan fingerprint density at radius 2 is 2.17 bits per heavy atom. The quantitative estimate of drug-likeness (QED) is 0.402. The molecule has 0 aromatic carbocycles. The maximum atomic E-state index is 12.4. The van der Waals surface area contributed by atoms with E-state index in [2.05, 4.69) is 15.3 Å². The van der Waals surface area contributed by atoms with Gasteiger partial charge in [-0.15, -0.1) is 0 Å². The first-order valence-corrected chi connectivity index (χ1v) is 9.82. The number of nitrogens with one attached hydrogen (secondary N) is 1. The molecule has 9 heteroatoms. The summed E-state index contributed by atoms with van der Waals surface area (Å²) >= 11 is 9.04. The largest absolute Gasteiger partial charge is 0.467 e. The molecular weight excluding hydrogens is 358 g/mol. The van der Waals surface area contributed by atoms with Crippen molar-refractivity contribution in [3.8, 4) is 0 Å². The molecule has 0 radical (unpaired) electrons. The molecule has 0 spiro atoms. The minimum absolute atomic E-state index is 0.0679. The zero-order chi connectivity index (χ0) is 17.2. The zero-order valence-corrected chi connectivity index (χ0v) is 15.7. The molecule has 0 aliphatic rings. The molecule has 1 heterocycles. The van der Waals surface area contributed by atoms with Crippen LogP contribution in [0.15, 0.2) is 11.4 Å². The Balaban J connectivity index is 2.87. The normalized spacial score (nSPS) is 11.8. The van der Waals surface area contributed by atoms with Gasteiger partial charge in [0, 0.05) is 5.75 Å². The van der Waals surface area contributed by atoms with Gasteiger partial charge < -0.3 is 10.1 Å². The topological polar surface area (TPSA) is 81.2 Å². The summed E-state index contributed by atoms with van der Waals surface area (Å²) in [5, 5.41) is 3.27.